The fourth-order valence-electron chi connectivity index (χ4n) is 9.45. The maximum absolute atomic E-state index is 15.4. The normalized spacial score (nSPS) is 31.6. The molecule has 0 N–H and O–H groups in total. The molecular weight excluding hydrogens is 642 g/mol. The Labute approximate surface area is 291 Å². The molecule has 6 rings (SSSR count). The van der Waals surface area contributed by atoms with Gasteiger partial charge in [-0.15, -0.1) is 0 Å². The van der Waals surface area contributed by atoms with Crippen molar-refractivity contribution in [1.82, 2.24) is 4.90 Å². The van der Waals surface area contributed by atoms with Crippen LogP contribution < -0.4 is 0 Å². The lowest BCUT2D eigenvalue weighted by molar-refractivity contribution is -0.121. The van der Waals surface area contributed by atoms with Gasteiger partial charge in [0.2, 0.25) is 0 Å². The molecule has 10 atom stereocenters. The zero-order valence-corrected chi connectivity index (χ0v) is 30.3. The van der Waals surface area contributed by atoms with E-state index >= 15 is 8.42 Å². The van der Waals surface area contributed by atoms with Gasteiger partial charge in [0.05, 0.1) is 23.1 Å². The van der Waals surface area contributed by atoms with Gasteiger partial charge in [-0.2, -0.15) is 0 Å². The van der Waals surface area contributed by atoms with Crippen molar-refractivity contribution in [3.63, 3.8) is 0 Å². The number of benzene rings is 2. The molecule has 0 spiro atoms. The molecule has 10 heteroatoms. The Morgan fingerprint density at radius 3 is 2.22 bits per heavy atom. The van der Waals surface area contributed by atoms with E-state index in [-0.39, 0.29) is 34.6 Å². The van der Waals surface area contributed by atoms with Crippen LogP contribution in [0, 0.1) is 29.6 Å². The van der Waals surface area contributed by atoms with Crippen molar-refractivity contribution in [2.45, 2.75) is 119 Å². The van der Waals surface area contributed by atoms with Crippen LogP contribution in [0.2, 0.25) is 0 Å². The van der Waals surface area contributed by atoms with Crippen LogP contribution in [-0.2, 0) is 28.8 Å². The summed E-state index contributed by atoms with van der Waals surface area (Å²) < 4.78 is 55.5. The average molecular weight is 696 g/mol. The van der Waals surface area contributed by atoms with Gasteiger partial charge in [0.15, 0.2) is 16.1 Å². The number of amides is 1. The second kappa shape index (κ2) is 14.7. The number of carbonyl (C=O) groups excluding carboxylic acids is 2. The van der Waals surface area contributed by atoms with E-state index in [1.54, 1.807) is 66.6 Å². The summed E-state index contributed by atoms with van der Waals surface area (Å²) in [5, 5.41) is -1.14. The number of sulfone groups is 1. The van der Waals surface area contributed by atoms with Crippen molar-refractivity contribution < 1.29 is 37.0 Å². The summed E-state index contributed by atoms with van der Waals surface area (Å²) in [5.74, 6) is -0.716. The van der Waals surface area contributed by atoms with Crippen LogP contribution in [0.1, 0.15) is 89.4 Å². The predicted octanol–water partition coefficient (Wildman–Crippen LogP) is 7.29. The van der Waals surface area contributed by atoms with Crippen molar-refractivity contribution in [1.29, 1.82) is 0 Å². The van der Waals surface area contributed by atoms with Gasteiger partial charge in [0, 0.05) is 19.1 Å². The minimum Gasteiger partial charge on any atom is -0.455 e. The number of esters is 1. The Hall–Kier alpha value is -2.95. The van der Waals surface area contributed by atoms with E-state index in [0.717, 1.165) is 44.9 Å². The van der Waals surface area contributed by atoms with Gasteiger partial charge in [-0.05, 0) is 108 Å². The number of ether oxygens (including phenoxy) is 4. The molecule has 4 aliphatic rings. The highest BCUT2D eigenvalue weighted by molar-refractivity contribution is 7.92. The third-order valence-corrected chi connectivity index (χ3v) is 13.7. The molecule has 0 bridgehead atoms. The number of hydrogen-bond acceptors (Lipinski definition) is 8. The van der Waals surface area contributed by atoms with Crippen molar-refractivity contribution in [3.05, 3.63) is 66.2 Å². The highest BCUT2D eigenvalue weighted by Crippen LogP contribution is 2.56. The summed E-state index contributed by atoms with van der Waals surface area (Å²) >= 11 is 0. The fourth-order valence-corrected chi connectivity index (χ4v) is 11.7. The van der Waals surface area contributed by atoms with E-state index in [1.165, 1.54) is 0 Å². The molecule has 268 valence electrons. The molecule has 2 aliphatic carbocycles. The molecule has 2 unspecified atom stereocenters. The molecule has 2 heterocycles. The number of piperidine rings is 1. The van der Waals surface area contributed by atoms with Gasteiger partial charge in [-0.3, -0.25) is 4.90 Å². The first-order valence-corrected chi connectivity index (χ1v) is 19.7. The topological polar surface area (TPSA) is 108 Å². The lowest BCUT2D eigenvalue weighted by Crippen LogP contribution is -2.63. The van der Waals surface area contributed by atoms with Crippen molar-refractivity contribution in [3.8, 4) is 0 Å². The summed E-state index contributed by atoms with van der Waals surface area (Å²) in [6, 6.07) is 16.3. The molecule has 2 saturated carbocycles. The van der Waals surface area contributed by atoms with Gasteiger partial charge in [0.1, 0.15) is 17.0 Å². The van der Waals surface area contributed by atoms with Gasteiger partial charge in [-0.1, -0.05) is 55.7 Å². The Kier molecular flexibility index (Phi) is 10.8. The molecule has 2 aliphatic heterocycles. The summed E-state index contributed by atoms with van der Waals surface area (Å²) in [5.41, 5.74) is -0.441. The SMILES string of the molecule is CO[C@H]1OC[C@H]2[C@@H]1C[C@H]1CCCC[C@@H]1[C@H]2C(C(OC(=O)c1ccccc1)[C@H]1CCC[C@H](C)N1C(=O)OC(C)(C)C)S(=O)(=O)c1ccccc1. The number of likely N-dealkylation sites (tertiary alicyclic amines) is 1. The van der Waals surface area contributed by atoms with Crippen LogP contribution in [0.15, 0.2) is 65.6 Å². The molecule has 4 fully saturated rings. The van der Waals surface area contributed by atoms with Crippen molar-refractivity contribution >= 4 is 21.9 Å². The standard InChI is InChI=1S/C39H53NO8S/c1-25-15-14-22-32(40(25)38(42)48-39(2,3)4)34(47-36(41)26-16-8-6-9-17-26)35(49(43,44)28-19-10-7-11-20-28)33-29-21-13-12-18-27(29)23-30-31(33)24-46-37(30)45-5/h6-11,16-17,19-20,25,27,29-35,37H,12-15,18,21-24H2,1-5H3/t25-,27+,29-,30-,31-,32+,33+,34?,35?,37-/m0/s1. The second-order valence-electron chi connectivity index (χ2n) is 15.6. The van der Waals surface area contributed by atoms with Crippen LogP contribution in [0.5, 0.6) is 0 Å². The molecule has 2 aromatic carbocycles. The number of methoxy groups -OCH3 is 1. The van der Waals surface area contributed by atoms with Crippen LogP contribution in [0.4, 0.5) is 4.79 Å². The molecule has 0 aromatic heterocycles. The first-order chi connectivity index (χ1) is 23.4. The van der Waals surface area contributed by atoms with Crippen molar-refractivity contribution in [2.75, 3.05) is 13.7 Å². The third-order valence-electron chi connectivity index (χ3n) is 11.4. The highest BCUT2D eigenvalue weighted by atomic mass is 32.2. The average Bonchev–Trinajstić information content (AvgIpc) is 3.50. The quantitative estimate of drug-likeness (QED) is 0.265. The van der Waals surface area contributed by atoms with E-state index in [4.69, 9.17) is 18.9 Å². The lowest BCUT2D eigenvalue weighted by Gasteiger charge is -2.53. The minimum atomic E-state index is -4.14. The Balaban J connectivity index is 1.55. The number of hydrogen-bond donors (Lipinski definition) is 0. The molecule has 9 nitrogen and oxygen atoms in total. The molecule has 1 amide bonds. The van der Waals surface area contributed by atoms with Crippen LogP contribution in [0.25, 0.3) is 0 Å². The van der Waals surface area contributed by atoms with Gasteiger partial charge >= 0.3 is 12.1 Å². The zero-order chi connectivity index (χ0) is 34.9. The molecule has 49 heavy (non-hydrogen) atoms. The molecule has 2 aromatic rings. The van der Waals surface area contributed by atoms with E-state index in [9.17, 15) is 9.59 Å². The maximum Gasteiger partial charge on any atom is 0.410 e. The number of fused-ring (bicyclic) bond motifs is 2. The third kappa shape index (κ3) is 7.42. The number of nitrogens with zero attached hydrogens (tertiary/aromatic N) is 1. The van der Waals surface area contributed by atoms with Crippen LogP contribution in [0.3, 0.4) is 0 Å². The van der Waals surface area contributed by atoms with E-state index in [1.807, 2.05) is 33.8 Å². The highest BCUT2D eigenvalue weighted by Gasteiger charge is 2.60. The maximum atomic E-state index is 15.4. The number of rotatable bonds is 8. The second-order valence-corrected chi connectivity index (χ2v) is 17.7. The summed E-state index contributed by atoms with van der Waals surface area (Å²) in [6.45, 7) is 7.80. The Bertz CT molecular complexity index is 1540. The van der Waals surface area contributed by atoms with Gasteiger partial charge in [-0.25, -0.2) is 18.0 Å². The van der Waals surface area contributed by atoms with Gasteiger partial charge < -0.3 is 18.9 Å². The lowest BCUT2D eigenvalue weighted by atomic mass is 9.57. The zero-order valence-electron chi connectivity index (χ0n) is 29.5. The summed E-state index contributed by atoms with van der Waals surface area (Å²) in [4.78, 5) is 30.1. The first kappa shape index (κ1) is 35.9. The molecular formula is C39H53NO8S. The Morgan fingerprint density at radius 2 is 1.55 bits per heavy atom. The van der Waals surface area contributed by atoms with E-state index < -0.39 is 51.2 Å². The smallest absolute Gasteiger partial charge is 0.410 e. The molecule has 2 saturated heterocycles. The monoisotopic (exact) mass is 695 g/mol. The number of carbonyl (C=O) groups is 2. The largest absolute Gasteiger partial charge is 0.455 e. The summed E-state index contributed by atoms with van der Waals surface area (Å²) in [6.07, 6.45) is 4.78. The Morgan fingerprint density at radius 1 is 0.878 bits per heavy atom. The van der Waals surface area contributed by atoms with Gasteiger partial charge in [0.25, 0.3) is 0 Å². The fraction of sp³-hybridized carbons (Fsp3) is 0.641. The first-order valence-electron chi connectivity index (χ1n) is 18.1. The van der Waals surface area contributed by atoms with Crippen LogP contribution in [-0.4, -0.2) is 74.4 Å². The predicted molar refractivity (Wildman–Crippen MR) is 186 cm³/mol. The summed E-state index contributed by atoms with van der Waals surface area (Å²) in [7, 11) is -2.49. The van der Waals surface area contributed by atoms with E-state index in [2.05, 4.69) is 0 Å². The minimum absolute atomic E-state index is 0.0144. The van der Waals surface area contributed by atoms with Crippen molar-refractivity contribution in [2.24, 2.45) is 29.6 Å². The van der Waals surface area contributed by atoms with Crippen LogP contribution >= 0.6 is 0 Å². The molecule has 0 radical (unpaired) electrons. The van der Waals surface area contributed by atoms with E-state index in [0.29, 0.717) is 24.5 Å².